The highest BCUT2D eigenvalue weighted by Gasteiger charge is 2.09. The molecule has 2 nitrogen and oxygen atoms in total. The van der Waals surface area contributed by atoms with E-state index in [9.17, 15) is 5.11 Å². The minimum atomic E-state index is -0.478. The van der Waals surface area contributed by atoms with Gasteiger partial charge in [0.1, 0.15) is 0 Å². The van der Waals surface area contributed by atoms with E-state index in [0.717, 1.165) is 0 Å². The van der Waals surface area contributed by atoms with Crippen molar-refractivity contribution in [3.63, 3.8) is 0 Å². The number of hydrogen-bond acceptors (Lipinski definition) is 1. The van der Waals surface area contributed by atoms with Crippen LogP contribution < -0.4 is 4.57 Å². The van der Waals surface area contributed by atoms with Gasteiger partial charge < -0.3 is 5.11 Å². The summed E-state index contributed by atoms with van der Waals surface area (Å²) in [4.78, 5) is 0. The minimum Gasteiger partial charge on any atom is -0.336 e. The van der Waals surface area contributed by atoms with Gasteiger partial charge in [-0.25, -0.2) is 0 Å². The van der Waals surface area contributed by atoms with E-state index in [1.807, 2.05) is 30.6 Å². The fourth-order valence-electron chi connectivity index (χ4n) is 0.881. The van der Waals surface area contributed by atoms with Crippen molar-refractivity contribution in [1.82, 2.24) is 0 Å². The van der Waals surface area contributed by atoms with E-state index >= 15 is 0 Å². The molecular formula is C9H12NO+. The van der Waals surface area contributed by atoms with Gasteiger partial charge in [0, 0.05) is 12.1 Å². The van der Waals surface area contributed by atoms with Crippen LogP contribution in [-0.4, -0.2) is 5.11 Å². The van der Waals surface area contributed by atoms with Crippen molar-refractivity contribution in [2.45, 2.75) is 12.6 Å². The van der Waals surface area contributed by atoms with Crippen molar-refractivity contribution in [3.05, 3.63) is 43.2 Å². The number of hydrogen-bond donors (Lipinski definition) is 1. The van der Waals surface area contributed by atoms with Crippen LogP contribution in [0.1, 0.15) is 12.6 Å². The van der Waals surface area contributed by atoms with Crippen LogP contribution in [0.5, 0.6) is 0 Å². The minimum absolute atomic E-state index is 0.478. The van der Waals surface area contributed by atoms with E-state index in [2.05, 4.69) is 6.58 Å². The van der Waals surface area contributed by atoms with E-state index in [-0.39, 0.29) is 0 Å². The van der Waals surface area contributed by atoms with Crippen LogP contribution in [0.4, 0.5) is 0 Å². The second-order valence-electron chi connectivity index (χ2n) is 2.33. The molecule has 0 saturated carbocycles. The first-order chi connectivity index (χ1) is 5.34. The zero-order valence-electron chi connectivity index (χ0n) is 6.35. The van der Waals surface area contributed by atoms with Gasteiger partial charge in [-0.1, -0.05) is 12.1 Å². The second-order valence-corrected chi connectivity index (χ2v) is 2.33. The third kappa shape index (κ3) is 2.16. The van der Waals surface area contributed by atoms with Crippen molar-refractivity contribution in [3.8, 4) is 0 Å². The standard InChI is InChI=1S/C9H12NO/c1-2-6-9(11)10-7-4-3-5-8-10/h2-5,7-9,11H,1,6H2/q+1. The van der Waals surface area contributed by atoms with Gasteiger partial charge in [-0.3, -0.25) is 0 Å². The molecule has 0 aromatic carbocycles. The summed E-state index contributed by atoms with van der Waals surface area (Å²) >= 11 is 0. The molecule has 58 valence electrons. The molecule has 1 aromatic rings. The lowest BCUT2D eigenvalue weighted by atomic mass is 10.3. The molecule has 1 unspecified atom stereocenters. The lowest BCUT2D eigenvalue weighted by molar-refractivity contribution is -0.759. The summed E-state index contributed by atoms with van der Waals surface area (Å²) in [6, 6.07) is 5.68. The summed E-state index contributed by atoms with van der Waals surface area (Å²) in [7, 11) is 0. The largest absolute Gasteiger partial charge is 0.336 e. The van der Waals surface area contributed by atoms with Crippen molar-refractivity contribution < 1.29 is 9.67 Å². The van der Waals surface area contributed by atoms with Crippen LogP contribution >= 0.6 is 0 Å². The maximum Gasteiger partial charge on any atom is 0.263 e. The van der Waals surface area contributed by atoms with Crippen LogP contribution in [0.2, 0.25) is 0 Å². The molecule has 1 atom stereocenters. The summed E-state index contributed by atoms with van der Waals surface area (Å²) in [5, 5.41) is 9.41. The SMILES string of the molecule is C=CCC(O)[n+]1ccccc1. The van der Waals surface area contributed by atoms with Crippen LogP contribution in [0.25, 0.3) is 0 Å². The molecule has 1 N–H and O–H groups in total. The van der Waals surface area contributed by atoms with E-state index in [1.54, 1.807) is 10.6 Å². The lowest BCUT2D eigenvalue weighted by Gasteiger charge is -2.00. The molecule has 0 aliphatic rings. The molecule has 1 aromatic heterocycles. The zero-order valence-corrected chi connectivity index (χ0v) is 6.35. The number of nitrogens with zero attached hydrogens (tertiary/aromatic N) is 1. The average Bonchev–Trinajstić information content (AvgIpc) is 2.07. The van der Waals surface area contributed by atoms with Crippen LogP contribution in [0.3, 0.4) is 0 Å². The third-order valence-corrected chi connectivity index (χ3v) is 1.46. The van der Waals surface area contributed by atoms with Gasteiger partial charge >= 0.3 is 0 Å². The van der Waals surface area contributed by atoms with Gasteiger partial charge in [0.05, 0.1) is 6.42 Å². The van der Waals surface area contributed by atoms with Gasteiger partial charge in [0.25, 0.3) is 6.23 Å². The highest BCUT2D eigenvalue weighted by Crippen LogP contribution is 1.96. The summed E-state index contributed by atoms with van der Waals surface area (Å²) in [6.07, 6.45) is 5.45. The Bertz CT molecular complexity index is 220. The maximum atomic E-state index is 9.41. The lowest BCUT2D eigenvalue weighted by Crippen LogP contribution is -2.37. The Balaban J connectivity index is 2.68. The molecule has 0 radical (unpaired) electrons. The zero-order chi connectivity index (χ0) is 8.10. The molecule has 0 fully saturated rings. The molecule has 1 rings (SSSR count). The van der Waals surface area contributed by atoms with Gasteiger partial charge in [0.2, 0.25) is 0 Å². The molecule has 0 spiro atoms. The Kier molecular flexibility index (Phi) is 2.81. The number of aromatic nitrogens is 1. The average molecular weight is 150 g/mol. The van der Waals surface area contributed by atoms with Crippen LogP contribution in [0, 0.1) is 0 Å². The summed E-state index contributed by atoms with van der Waals surface area (Å²) in [5.74, 6) is 0. The summed E-state index contributed by atoms with van der Waals surface area (Å²) < 4.78 is 1.74. The highest BCUT2D eigenvalue weighted by atomic mass is 16.3. The van der Waals surface area contributed by atoms with Gasteiger partial charge in [-0.2, -0.15) is 4.57 Å². The van der Waals surface area contributed by atoms with Gasteiger partial charge in [-0.15, -0.1) is 6.58 Å². The first kappa shape index (κ1) is 7.95. The predicted octanol–water partition coefficient (Wildman–Crippen LogP) is 1.04. The smallest absolute Gasteiger partial charge is 0.263 e. The highest BCUT2D eigenvalue weighted by molar-refractivity contribution is 4.84. The summed E-state index contributed by atoms with van der Waals surface area (Å²) in [6.45, 7) is 3.55. The van der Waals surface area contributed by atoms with E-state index < -0.39 is 6.23 Å². The Hall–Kier alpha value is -1.15. The Labute approximate surface area is 66.4 Å². The molecule has 0 bridgehead atoms. The molecular weight excluding hydrogens is 138 g/mol. The normalized spacial score (nSPS) is 12.5. The Morgan fingerprint density at radius 1 is 1.36 bits per heavy atom. The first-order valence-corrected chi connectivity index (χ1v) is 3.59. The molecule has 11 heavy (non-hydrogen) atoms. The van der Waals surface area contributed by atoms with Gasteiger partial charge in [-0.05, 0) is 0 Å². The van der Waals surface area contributed by atoms with E-state index in [0.29, 0.717) is 6.42 Å². The van der Waals surface area contributed by atoms with Crippen molar-refractivity contribution in [2.24, 2.45) is 0 Å². The van der Waals surface area contributed by atoms with E-state index in [1.165, 1.54) is 0 Å². The van der Waals surface area contributed by atoms with Crippen molar-refractivity contribution in [1.29, 1.82) is 0 Å². The maximum absolute atomic E-state index is 9.41. The number of rotatable bonds is 3. The number of pyridine rings is 1. The molecule has 0 aliphatic heterocycles. The fraction of sp³-hybridized carbons (Fsp3) is 0.222. The number of aliphatic hydroxyl groups excluding tert-OH is 1. The molecule has 0 amide bonds. The third-order valence-electron chi connectivity index (χ3n) is 1.46. The van der Waals surface area contributed by atoms with E-state index in [4.69, 9.17) is 0 Å². The fourth-order valence-corrected chi connectivity index (χ4v) is 0.881. The Morgan fingerprint density at radius 2 is 2.00 bits per heavy atom. The van der Waals surface area contributed by atoms with Crippen molar-refractivity contribution >= 4 is 0 Å². The van der Waals surface area contributed by atoms with Crippen LogP contribution in [-0.2, 0) is 0 Å². The van der Waals surface area contributed by atoms with Crippen molar-refractivity contribution in [2.75, 3.05) is 0 Å². The molecule has 0 aliphatic carbocycles. The first-order valence-electron chi connectivity index (χ1n) is 3.59. The molecule has 0 saturated heterocycles. The Morgan fingerprint density at radius 3 is 2.55 bits per heavy atom. The topological polar surface area (TPSA) is 24.1 Å². The molecule has 2 heteroatoms. The monoisotopic (exact) mass is 150 g/mol. The second kappa shape index (κ2) is 3.88. The predicted molar refractivity (Wildman–Crippen MR) is 42.7 cm³/mol. The van der Waals surface area contributed by atoms with Gasteiger partial charge in [0.15, 0.2) is 12.4 Å². The molecule has 1 heterocycles. The summed E-state index contributed by atoms with van der Waals surface area (Å²) in [5.41, 5.74) is 0. The van der Waals surface area contributed by atoms with Crippen LogP contribution in [0.15, 0.2) is 43.2 Å². The quantitative estimate of drug-likeness (QED) is 0.505. The number of aliphatic hydroxyl groups is 1.